The van der Waals surface area contributed by atoms with Gasteiger partial charge in [-0.3, -0.25) is 0 Å². The predicted octanol–water partition coefficient (Wildman–Crippen LogP) is 2.61. The number of hydrogen-bond donors (Lipinski definition) is 0. The second-order valence-corrected chi connectivity index (χ2v) is 2.25. The van der Waals surface area contributed by atoms with Crippen molar-refractivity contribution in [1.82, 2.24) is 4.98 Å². The summed E-state index contributed by atoms with van der Waals surface area (Å²) in [5.74, 6) is -2.19. The largest absolute Gasteiger partial charge is 0.280 e. The van der Waals surface area contributed by atoms with E-state index in [4.69, 9.17) is 0 Å². The highest BCUT2D eigenvalue weighted by Gasteiger charge is 2.14. The summed E-state index contributed by atoms with van der Waals surface area (Å²) < 4.78 is 48.8. The van der Waals surface area contributed by atoms with Crippen LogP contribution in [-0.2, 0) is 0 Å². The summed E-state index contributed by atoms with van der Waals surface area (Å²) in [6, 6.07) is 0.531. The normalized spacial score (nSPS) is 10.8. The fraction of sp³-hybridized carbons (Fsp3) is 0.286. The fourth-order valence-electron chi connectivity index (χ4n) is 0.678. The van der Waals surface area contributed by atoms with E-state index in [-0.39, 0.29) is 5.56 Å². The number of aromatic nitrogens is 1. The van der Waals surface area contributed by atoms with Gasteiger partial charge in [0.1, 0.15) is 11.5 Å². The van der Waals surface area contributed by atoms with Gasteiger partial charge in [-0.15, -0.1) is 0 Å². The Morgan fingerprint density at radius 2 is 1.92 bits per heavy atom. The van der Waals surface area contributed by atoms with Gasteiger partial charge in [0.15, 0.2) is 0 Å². The molecule has 0 aromatic carbocycles. The van der Waals surface area contributed by atoms with Crippen molar-refractivity contribution in [3.8, 4) is 0 Å². The van der Waals surface area contributed by atoms with Crippen molar-refractivity contribution < 1.29 is 17.6 Å². The molecule has 1 nitrogen and oxygen atoms in total. The molecule has 0 amide bonds. The maximum absolute atomic E-state index is 12.6. The molecule has 0 fully saturated rings. The lowest BCUT2D eigenvalue weighted by atomic mass is 10.2. The molecule has 0 radical (unpaired) electrons. The van der Waals surface area contributed by atoms with Gasteiger partial charge in [0.2, 0.25) is 5.95 Å². The molecule has 1 heterocycles. The first-order chi connectivity index (χ1) is 5.52. The van der Waals surface area contributed by atoms with Crippen LogP contribution in [0.3, 0.4) is 0 Å². The van der Waals surface area contributed by atoms with E-state index >= 15 is 0 Å². The van der Waals surface area contributed by atoms with Crippen molar-refractivity contribution in [3.05, 3.63) is 29.1 Å². The van der Waals surface area contributed by atoms with Crippen LogP contribution in [-0.4, -0.2) is 4.98 Å². The topological polar surface area (TPSA) is 12.9 Å². The smallest absolute Gasteiger partial charge is 0.218 e. The molecule has 5 heteroatoms. The van der Waals surface area contributed by atoms with E-state index in [1.807, 2.05) is 0 Å². The van der Waals surface area contributed by atoms with Gasteiger partial charge >= 0.3 is 0 Å². The zero-order chi connectivity index (χ0) is 9.30. The maximum atomic E-state index is 12.6. The Morgan fingerprint density at radius 1 is 1.33 bits per heavy atom. The average Bonchev–Trinajstić information content (AvgIpc) is 1.99. The van der Waals surface area contributed by atoms with Crippen molar-refractivity contribution in [3.63, 3.8) is 0 Å². The Hall–Kier alpha value is -1.13. The molecule has 0 saturated heterocycles. The van der Waals surface area contributed by atoms with E-state index in [2.05, 4.69) is 4.98 Å². The van der Waals surface area contributed by atoms with E-state index in [9.17, 15) is 17.6 Å². The minimum absolute atomic E-state index is 0.348. The molecule has 66 valence electrons. The van der Waals surface area contributed by atoms with Crippen LogP contribution >= 0.6 is 0 Å². The minimum atomic E-state index is -2.95. The number of nitrogens with zero attached hydrogens (tertiary/aromatic N) is 1. The molecule has 0 atom stereocenters. The third-order valence-electron chi connectivity index (χ3n) is 1.39. The molecule has 0 unspecified atom stereocenters. The van der Waals surface area contributed by atoms with Gasteiger partial charge in [-0.05, 0) is 6.92 Å². The fourth-order valence-corrected chi connectivity index (χ4v) is 0.678. The third-order valence-corrected chi connectivity index (χ3v) is 1.39. The van der Waals surface area contributed by atoms with E-state index in [0.717, 1.165) is 6.92 Å². The molecule has 0 bridgehead atoms. The summed E-state index contributed by atoms with van der Waals surface area (Å²) in [5, 5.41) is 0. The minimum Gasteiger partial charge on any atom is -0.218 e. The van der Waals surface area contributed by atoms with Gasteiger partial charge in [0.25, 0.3) is 6.43 Å². The molecule has 0 aliphatic carbocycles. The first kappa shape index (κ1) is 8.96. The molecule has 0 saturated carbocycles. The van der Waals surface area contributed by atoms with Gasteiger partial charge < -0.3 is 0 Å². The Balaban J connectivity index is 3.21. The van der Waals surface area contributed by atoms with Crippen LogP contribution in [0.1, 0.15) is 17.7 Å². The van der Waals surface area contributed by atoms with Gasteiger partial charge in [0, 0.05) is 11.6 Å². The van der Waals surface area contributed by atoms with Crippen LogP contribution in [0.4, 0.5) is 17.6 Å². The number of halogens is 4. The highest BCUT2D eigenvalue weighted by molar-refractivity contribution is 5.17. The lowest BCUT2D eigenvalue weighted by molar-refractivity contribution is 0.144. The van der Waals surface area contributed by atoms with Gasteiger partial charge in [0.05, 0.1) is 0 Å². The summed E-state index contributed by atoms with van der Waals surface area (Å²) in [6.45, 7) is 1.13. The number of pyridine rings is 1. The zero-order valence-corrected chi connectivity index (χ0v) is 6.11. The Labute approximate surface area is 66.0 Å². The molecule has 1 aromatic heterocycles. The highest BCUT2D eigenvalue weighted by Crippen LogP contribution is 2.19. The summed E-state index contributed by atoms with van der Waals surface area (Å²) >= 11 is 0. The second-order valence-electron chi connectivity index (χ2n) is 2.25. The molecule has 0 spiro atoms. The Morgan fingerprint density at radius 3 is 2.33 bits per heavy atom. The van der Waals surface area contributed by atoms with Crippen molar-refractivity contribution in [1.29, 1.82) is 0 Å². The van der Waals surface area contributed by atoms with Crippen LogP contribution in [0, 0.1) is 18.7 Å². The zero-order valence-electron chi connectivity index (χ0n) is 6.11. The first-order valence-electron chi connectivity index (χ1n) is 3.13. The average molecular weight is 179 g/mol. The first-order valence-corrected chi connectivity index (χ1v) is 3.13. The second kappa shape index (κ2) is 3.08. The summed E-state index contributed by atoms with van der Waals surface area (Å²) in [7, 11) is 0. The Bertz CT molecular complexity index is 274. The van der Waals surface area contributed by atoms with E-state index in [1.165, 1.54) is 0 Å². The molecule has 0 aliphatic rings. The SMILES string of the molecule is Cc1c(F)cc(C(F)F)nc1F. The maximum Gasteiger partial charge on any atom is 0.280 e. The molecule has 0 aliphatic heterocycles. The summed E-state index contributed by atoms with van der Waals surface area (Å²) in [4.78, 5) is 2.88. The standard InChI is InChI=1S/C7H5F4N/c1-3-4(8)2-5(6(9)10)12-7(3)11/h2,6H,1H3. The lowest BCUT2D eigenvalue weighted by Gasteiger charge is -2.01. The molecular formula is C7H5F4N. The van der Waals surface area contributed by atoms with E-state index < -0.39 is 23.9 Å². The number of alkyl halides is 2. The molecule has 1 rings (SSSR count). The molecular weight excluding hydrogens is 174 g/mol. The quantitative estimate of drug-likeness (QED) is 0.477. The van der Waals surface area contributed by atoms with Crippen LogP contribution in [0.25, 0.3) is 0 Å². The van der Waals surface area contributed by atoms with Crippen molar-refractivity contribution in [2.75, 3.05) is 0 Å². The van der Waals surface area contributed by atoms with Gasteiger partial charge in [-0.25, -0.2) is 18.2 Å². The van der Waals surface area contributed by atoms with E-state index in [1.54, 1.807) is 0 Å². The van der Waals surface area contributed by atoms with E-state index in [0.29, 0.717) is 6.07 Å². The molecule has 0 N–H and O–H groups in total. The van der Waals surface area contributed by atoms with Gasteiger partial charge in [-0.1, -0.05) is 0 Å². The number of hydrogen-bond acceptors (Lipinski definition) is 1. The lowest BCUT2D eigenvalue weighted by Crippen LogP contribution is -1.99. The van der Waals surface area contributed by atoms with Crippen LogP contribution in [0.5, 0.6) is 0 Å². The van der Waals surface area contributed by atoms with Crippen LogP contribution < -0.4 is 0 Å². The highest BCUT2D eigenvalue weighted by atomic mass is 19.3. The van der Waals surface area contributed by atoms with Gasteiger partial charge in [-0.2, -0.15) is 4.39 Å². The summed E-state index contributed by atoms with van der Waals surface area (Å²) in [5.41, 5.74) is -1.23. The van der Waals surface area contributed by atoms with Crippen LogP contribution in [0.15, 0.2) is 6.07 Å². The number of rotatable bonds is 1. The predicted molar refractivity (Wildman–Crippen MR) is 33.8 cm³/mol. The van der Waals surface area contributed by atoms with Crippen LogP contribution in [0.2, 0.25) is 0 Å². The molecule has 1 aromatic rings. The van der Waals surface area contributed by atoms with Crippen molar-refractivity contribution >= 4 is 0 Å². The monoisotopic (exact) mass is 179 g/mol. The van der Waals surface area contributed by atoms with Crippen molar-refractivity contribution in [2.24, 2.45) is 0 Å². The van der Waals surface area contributed by atoms with Crippen molar-refractivity contribution in [2.45, 2.75) is 13.3 Å². The summed E-state index contributed by atoms with van der Waals surface area (Å²) in [6.07, 6.45) is -2.95. The Kier molecular flexibility index (Phi) is 2.30. The third kappa shape index (κ3) is 1.54. The molecule has 12 heavy (non-hydrogen) atoms.